The Morgan fingerprint density at radius 3 is 2.42 bits per heavy atom. The Balaban J connectivity index is 1.61. The Bertz CT molecular complexity index is 1050. The summed E-state index contributed by atoms with van der Waals surface area (Å²) in [5.41, 5.74) is 2.64. The molecule has 176 valence electrons. The van der Waals surface area contributed by atoms with E-state index in [-0.39, 0.29) is 35.8 Å². The Morgan fingerprint density at radius 1 is 1.09 bits per heavy atom. The van der Waals surface area contributed by atoms with Crippen molar-refractivity contribution in [1.82, 2.24) is 0 Å². The van der Waals surface area contributed by atoms with E-state index >= 15 is 0 Å². The quantitative estimate of drug-likeness (QED) is 0.401. The number of ketones is 1. The maximum atomic E-state index is 12.6. The molecule has 2 fully saturated rings. The van der Waals surface area contributed by atoms with Gasteiger partial charge in [-0.1, -0.05) is 38.0 Å². The second-order valence-electron chi connectivity index (χ2n) is 9.15. The fraction of sp³-hybridized carbons (Fsp3) is 0.481. The van der Waals surface area contributed by atoms with Crippen LogP contribution in [0.5, 0.6) is 17.2 Å². The fourth-order valence-corrected chi connectivity index (χ4v) is 4.59. The molecule has 6 nitrogen and oxygen atoms in total. The van der Waals surface area contributed by atoms with Crippen molar-refractivity contribution in [2.24, 2.45) is 5.92 Å². The third-order valence-corrected chi connectivity index (χ3v) is 6.76. The third-order valence-electron chi connectivity index (χ3n) is 6.76. The van der Waals surface area contributed by atoms with E-state index in [1.54, 1.807) is 19.1 Å². The number of carbonyl (C=O) groups excluding carboxylic acids is 2. The summed E-state index contributed by atoms with van der Waals surface area (Å²) in [6.45, 7) is 3.77. The zero-order chi connectivity index (χ0) is 23.6. The predicted octanol–water partition coefficient (Wildman–Crippen LogP) is 5.48. The van der Waals surface area contributed by atoms with Crippen LogP contribution in [0.4, 0.5) is 0 Å². The molecule has 2 aliphatic rings. The number of aromatic hydroxyl groups is 1. The van der Waals surface area contributed by atoms with Gasteiger partial charge >= 0.3 is 5.97 Å². The minimum Gasteiger partial charge on any atom is -0.504 e. The molecule has 0 spiro atoms. The second kappa shape index (κ2) is 9.46. The van der Waals surface area contributed by atoms with Crippen molar-refractivity contribution >= 4 is 11.8 Å². The van der Waals surface area contributed by atoms with Gasteiger partial charge in [0.1, 0.15) is 12.2 Å². The van der Waals surface area contributed by atoms with E-state index in [0.29, 0.717) is 17.7 Å². The minimum absolute atomic E-state index is 0.000553. The zero-order valence-electron chi connectivity index (χ0n) is 19.6. The number of rotatable bonds is 9. The SMILES string of the molecule is CCc1cc(-c2ccc(O)c(OC)c2OCC2(OC(=O)C3CCCC3)CC2)ccc1C(C)=O. The molecule has 0 unspecified atom stereocenters. The van der Waals surface area contributed by atoms with Crippen LogP contribution in [0.25, 0.3) is 11.1 Å². The summed E-state index contributed by atoms with van der Waals surface area (Å²) in [5, 5.41) is 10.4. The number of hydrogen-bond acceptors (Lipinski definition) is 6. The van der Waals surface area contributed by atoms with Crippen molar-refractivity contribution in [3.05, 3.63) is 41.5 Å². The van der Waals surface area contributed by atoms with Crippen LogP contribution in [-0.2, 0) is 16.0 Å². The molecule has 2 aliphatic carbocycles. The molecular weight excluding hydrogens is 420 g/mol. The number of esters is 1. The summed E-state index contributed by atoms with van der Waals surface area (Å²) in [6, 6.07) is 9.02. The summed E-state index contributed by atoms with van der Waals surface area (Å²) in [7, 11) is 1.48. The lowest BCUT2D eigenvalue weighted by atomic mass is 9.95. The summed E-state index contributed by atoms with van der Waals surface area (Å²) in [6.07, 6.45) is 6.19. The van der Waals surface area contributed by atoms with Crippen LogP contribution < -0.4 is 9.47 Å². The van der Waals surface area contributed by atoms with Gasteiger partial charge in [-0.05, 0) is 62.3 Å². The molecular formula is C27H32O6. The first kappa shape index (κ1) is 23.1. The first-order chi connectivity index (χ1) is 15.9. The number of phenolic OH excluding ortho intramolecular Hbond substituents is 1. The summed E-state index contributed by atoms with van der Waals surface area (Å²) in [5.74, 6) is 0.514. The lowest BCUT2D eigenvalue weighted by Crippen LogP contribution is -2.30. The molecule has 0 heterocycles. The molecule has 2 saturated carbocycles. The average Bonchev–Trinajstić information content (AvgIpc) is 3.33. The van der Waals surface area contributed by atoms with E-state index in [9.17, 15) is 14.7 Å². The number of hydrogen-bond donors (Lipinski definition) is 1. The van der Waals surface area contributed by atoms with Crippen LogP contribution in [0, 0.1) is 5.92 Å². The molecule has 0 atom stereocenters. The van der Waals surface area contributed by atoms with Crippen molar-refractivity contribution in [1.29, 1.82) is 0 Å². The van der Waals surface area contributed by atoms with Gasteiger partial charge in [0.25, 0.3) is 0 Å². The van der Waals surface area contributed by atoms with Gasteiger partial charge in [0, 0.05) is 11.1 Å². The molecule has 0 bridgehead atoms. The van der Waals surface area contributed by atoms with Gasteiger partial charge < -0.3 is 19.3 Å². The van der Waals surface area contributed by atoms with E-state index in [4.69, 9.17) is 14.2 Å². The highest BCUT2D eigenvalue weighted by Gasteiger charge is 2.49. The van der Waals surface area contributed by atoms with Gasteiger partial charge in [0.2, 0.25) is 5.75 Å². The first-order valence-electron chi connectivity index (χ1n) is 11.8. The van der Waals surface area contributed by atoms with Crippen LogP contribution in [0.3, 0.4) is 0 Å². The summed E-state index contributed by atoms with van der Waals surface area (Å²) < 4.78 is 17.6. The summed E-state index contributed by atoms with van der Waals surface area (Å²) in [4.78, 5) is 24.5. The molecule has 0 saturated heterocycles. The Morgan fingerprint density at radius 2 is 1.82 bits per heavy atom. The molecule has 4 rings (SSSR count). The maximum absolute atomic E-state index is 12.6. The number of methoxy groups -OCH3 is 1. The van der Waals surface area contributed by atoms with Crippen molar-refractivity contribution in [3.63, 3.8) is 0 Å². The first-order valence-corrected chi connectivity index (χ1v) is 11.8. The van der Waals surface area contributed by atoms with Crippen LogP contribution in [-0.4, -0.2) is 36.2 Å². The van der Waals surface area contributed by atoms with Crippen molar-refractivity contribution in [3.8, 4) is 28.4 Å². The third kappa shape index (κ3) is 4.85. The van der Waals surface area contributed by atoms with Crippen molar-refractivity contribution in [2.75, 3.05) is 13.7 Å². The van der Waals surface area contributed by atoms with Gasteiger partial charge in [0.15, 0.2) is 17.3 Å². The number of aryl methyl sites for hydroxylation is 1. The monoisotopic (exact) mass is 452 g/mol. The highest BCUT2D eigenvalue weighted by molar-refractivity contribution is 5.96. The molecule has 2 aromatic carbocycles. The van der Waals surface area contributed by atoms with Gasteiger partial charge in [-0.3, -0.25) is 9.59 Å². The maximum Gasteiger partial charge on any atom is 0.309 e. The van der Waals surface area contributed by atoms with Gasteiger partial charge in [0.05, 0.1) is 13.0 Å². The number of Topliss-reactive ketones (excluding diaryl/α,β-unsaturated/α-hetero) is 1. The molecule has 1 N–H and O–H groups in total. The minimum atomic E-state index is -0.611. The summed E-state index contributed by atoms with van der Waals surface area (Å²) >= 11 is 0. The topological polar surface area (TPSA) is 82.1 Å². The van der Waals surface area contributed by atoms with E-state index < -0.39 is 5.60 Å². The van der Waals surface area contributed by atoms with E-state index in [2.05, 4.69) is 0 Å². The largest absolute Gasteiger partial charge is 0.504 e. The predicted molar refractivity (Wildman–Crippen MR) is 125 cm³/mol. The number of ether oxygens (including phenoxy) is 3. The lowest BCUT2D eigenvalue weighted by Gasteiger charge is -2.22. The average molecular weight is 453 g/mol. The Hall–Kier alpha value is -3.02. The molecule has 2 aromatic rings. The van der Waals surface area contributed by atoms with Crippen molar-refractivity contribution in [2.45, 2.75) is 64.4 Å². The van der Waals surface area contributed by atoms with Crippen LogP contribution in [0.1, 0.15) is 68.3 Å². The number of benzene rings is 2. The number of carbonyl (C=O) groups is 2. The lowest BCUT2D eigenvalue weighted by molar-refractivity contribution is -0.157. The van der Waals surface area contributed by atoms with Crippen LogP contribution in [0.15, 0.2) is 30.3 Å². The second-order valence-corrected chi connectivity index (χ2v) is 9.15. The molecule has 0 amide bonds. The van der Waals surface area contributed by atoms with Crippen molar-refractivity contribution < 1.29 is 28.9 Å². The molecule has 33 heavy (non-hydrogen) atoms. The fourth-order valence-electron chi connectivity index (χ4n) is 4.59. The molecule has 0 aromatic heterocycles. The molecule has 0 aliphatic heterocycles. The van der Waals surface area contributed by atoms with Crippen LogP contribution >= 0.6 is 0 Å². The van der Waals surface area contributed by atoms with Gasteiger partial charge in [-0.25, -0.2) is 0 Å². The van der Waals surface area contributed by atoms with E-state index in [1.165, 1.54) is 7.11 Å². The van der Waals surface area contributed by atoms with Gasteiger partial charge in [-0.2, -0.15) is 0 Å². The van der Waals surface area contributed by atoms with E-state index in [0.717, 1.165) is 55.2 Å². The molecule has 0 radical (unpaired) electrons. The molecule has 6 heteroatoms. The smallest absolute Gasteiger partial charge is 0.309 e. The Labute approximate surface area is 194 Å². The zero-order valence-corrected chi connectivity index (χ0v) is 19.6. The Kier molecular flexibility index (Phi) is 6.63. The van der Waals surface area contributed by atoms with E-state index in [1.807, 2.05) is 25.1 Å². The highest BCUT2D eigenvalue weighted by atomic mass is 16.6. The highest BCUT2D eigenvalue weighted by Crippen LogP contribution is 2.47. The van der Waals surface area contributed by atoms with Crippen LogP contribution in [0.2, 0.25) is 0 Å². The number of phenols is 1. The van der Waals surface area contributed by atoms with Gasteiger partial charge in [-0.15, -0.1) is 0 Å². The normalized spacial score (nSPS) is 16.9. The standard InChI is InChI=1S/C27H32O6/c1-4-18-15-20(9-10-21(18)17(2)28)22-11-12-23(29)25(31-3)24(22)32-16-27(13-14-27)33-26(30)19-7-5-6-8-19/h9-12,15,19,29H,4-8,13-14,16H2,1-3H3.